The molecule has 1 aromatic rings. The third-order valence-corrected chi connectivity index (χ3v) is 4.62. The van der Waals surface area contributed by atoms with Crippen molar-refractivity contribution in [1.29, 1.82) is 0 Å². The number of nitrogens with one attached hydrogen (secondary N) is 1. The molecule has 2 rings (SSSR count). The summed E-state index contributed by atoms with van der Waals surface area (Å²) in [6.45, 7) is 9.54. The molecule has 0 aromatic carbocycles. The predicted octanol–water partition coefficient (Wildman–Crippen LogP) is 2.14. The van der Waals surface area contributed by atoms with E-state index in [1.807, 2.05) is 12.3 Å². The highest BCUT2D eigenvalue weighted by Gasteiger charge is 2.18. The summed E-state index contributed by atoms with van der Waals surface area (Å²) in [6, 6.07) is 0. The summed E-state index contributed by atoms with van der Waals surface area (Å²) in [5, 5.41) is 5.89. The van der Waals surface area contributed by atoms with Gasteiger partial charge in [0.25, 0.3) is 0 Å². The first-order valence-electron chi connectivity index (χ1n) is 7.77. The molecule has 1 unspecified atom stereocenters. The van der Waals surface area contributed by atoms with Gasteiger partial charge >= 0.3 is 5.97 Å². The number of hydrogen-bond donors (Lipinski definition) is 1. The topological polar surface area (TPSA) is 54.5 Å². The average molecular weight is 311 g/mol. The van der Waals surface area contributed by atoms with Crippen LogP contribution in [0.1, 0.15) is 42.2 Å². The number of thiazole rings is 1. The lowest BCUT2D eigenvalue weighted by molar-refractivity contribution is 0.0525. The highest BCUT2D eigenvalue weighted by Crippen LogP contribution is 2.16. The first kappa shape index (κ1) is 16.4. The molecule has 1 N–H and O–H groups in total. The molecule has 1 saturated heterocycles. The van der Waals surface area contributed by atoms with Gasteiger partial charge in [-0.2, -0.15) is 0 Å². The molecule has 0 spiro atoms. The molecule has 0 aliphatic carbocycles. The standard InChI is InChI=1S/C15H25N3O2S/c1-3-18(9-12-6-5-7-16-8-12)10-13-11-21-14(17-13)15(19)20-4-2/h11-12,16H,3-10H2,1-2H3. The second kappa shape index (κ2) is 8.46. The zero-order valence-corrected chi connectivity index (χ0v) is 13.7. The van der Waals surface area contributed by atoms with E-state index in [9.17, 15) is 4.79 Å². The monoisotopic (exact) mass is 311 g/mol. The molecule has 1 fully saturated rings. The lowest BCUT2D eigenvalue weighted by Gasteiger charge is -2.28. The highest BCUT2D eigenvalue weighted by atomic mass is 32.1. The van der Waals surface area contributed by atoms with Crippen LogP contribution in [0.3, 0.4) is 0 Å². The molecule has 1 atom stereocenters. The van der Waals surface area contributed by atoms with Crippen molar-refractivity contribution in [3.63, 3.8) is 0 Å². The first-order chi connectivity index (χ1) is 10.2. The maximum atomic E-state index is 11.6. The molecule has 0 bridgehead atoms. The van der Waals surface area contributed by atoms with Crippen LogP contribution in [0.5, 0.6) is 0 Å². The Kier molecular flexibility index (Phi) is 6.60. The molecule has 1 aliphatic heterocycles. The molecule has 0 saturated carbocycles. The van der Waals surface area contributed by atoms with E-state index in [1.54, 1.807) is 0 Å². The Labute approximate surface area is 130 Å². The van der Waals surface area contributed by atoms with Gasteiger partial charge < -0.3 is 10.1 Å². The van der Waals surface area contributed by atoms with Crippen molar-refractivity contribution >= 4 is 17.3 Å². The summed E-state index contributed by atoms with van der Waals surface area (Å²) < 4.78 is 4.98. The molecule has 0 amide bonds. The van der Waals surface area contributed by atoms with Crippen molar-refractivity contribution in [2.75, 3.05) is 32.8 Å². The van der Waals surface area contributed by atoms with Crippen LogP contribution in [0.25, 0.3) is 0 Å². The minimum Gasteiger partial charge on any atom is -0.461 e. The van der Waals surface area contributed by atoms with Crippen LogP contribution >= 0.6 is 11.3 Å². The Morgan fingerprint density at radius 3 is 3.10 bits per heavy atom. The molecule has 1 aliphatic rings. The molecular weight excluding hydrogens is 286 g/mol. The van der Waals surface area contributed by atoms with Gasteiger partial charge in [0.15, 0.2) is 0 Å². The second-order valence-corrected chi connectivity index (χ2v) is 6.26. The molecule has 118 valence electrons. The van der Waals surface area contributed by atoms with Crippen molar-refractivity contribution in [2.45, 2.75) is 33.2 Å². The first-order valence-corrected chi connectivity index (χ1v) is 8.65. The van der Waals surface area contributed by atoms with E-state index in [0.717, 1.165) is 44.3 Å². The Balaban J connectivity index is 1.87. The van der Waals surface area contributed by atoms with Crippen LogP contribution in [0.2, 0.25) is 0 Å². The van der Waals surface area contributed by atoms with Gasteiger partial charge in [-0.15, -0.1) is 11.3 Å². The minimum absolute atomic E-state index is 0.312. The Bertz CT molecular complexity index is 444. The summed E-state index contributed by atoms with van der Waals surface area (Å²) in [7, 11) is 0. The lowest BCUT2D eigenvalue weighted by Crippen LogP contribution is -2.38. The number of carbonyl (C=O) groups is 1. The Hall–Kier alpha value is -0.980. The molecular formula is C15H25N3O2S. The second-order valence-electron chi connectivity index (χ2n) is 5.40. The third kappa shape index (κ3) is 5.05. The number of aromatic nitrogens is 1. The van der Waals surface area contributed by atoms with Crippen molar-refractivity contribution in [3.05, 3.63) is 16.1 Å². The number of rotatable bonds is 7. The van der Waals surface area contributed by atoms with Gasteiger partial charge in [0.05, 0.1) is 12.3 Å². The zero-order valence-electron chi connectivity index (χ0n) is 12.9. The van der Waals surface area contributed by atoms with Gasteiger partial charge in [0.2, 0.25) is 5.01 Å². The van der Waals surface area contributed by atoms with Gasteiger partial charge in [0.1, 0.15) is 0 Å². The van der Waals surface area contributed by atoms with Crippen LogP contribution in [0.15, 0.2) is 5.38 Å². The number of nitrogens with zero attached hydrogens (tertiary/aromatic N) is 2. The maximum absolute atomic E-state index is 11.6. The van der Waals surface area contributed by atoms with E-state index in [1.165, 1.54) is 24.2 Å². The molecule has 0 radical (unpaired) electrons. The number of ether oxygens (including phenoxy) is 1. The predicted molar refractivity (Wildman–Crippen MR) is 84.6 cm³/mol. The van der Waals surface area contributed by atoms with Crippen LogP contribution in [0, 0.1) is 5.92 Å². The number of esters is 1. The molecule has 2 heterocycles. The quantitative estimate of drug-likeness (QED) is 0.782. The van der Waals surface area contributed by atoms with E-state index in [4.69, 9.17) is 4.74 Å². The SMILES string of the molecule is CCOC(=O)c1nc(CN(CC)CC2CCCNC2)cs1. The Morgan fingerprint density at radius 1 is 1.57 bits per heavy atom. The minimum atomic E-state index is -0.312. The van der Waals surface area contributed by atoms with Crippen LogP contribution in [-0.4, -0.2) is 48.6 Å². The summed E-state index contributed by atoms with van der Waals surface area (Å²) in [5.74, 6) is 0.412. The normalized spacial score (nSPS) is 18.9. The van der Waals surface area contributed by atoms with E-state index in [0.29, 0.717) is 11.6 Å². The maximum Gasteiger partial charge on any atom is 0.367 e. The summed E-state index contributed by atoms with van der Waals surface area (Å²) in [5.41, 5.74) is 0.966. The molecule has 6 heteroatoms. The smallest absolute Gasteiger partial charge is 0.367 e. The molecule has 21 heavy (non-hydrogen) atoms. The fourth-order valence-electron chi connectivity index (χ4n) is 2.65. The number of hydrogen-bond acceptors (Lipinski definition) is 6. The molecule has 1 aromatic heterocycles. The van der Waals surface area contributed by atoms with Crippen molar-refractivity contribution in [1.82, 2.24) is 15.2 Å². The van der Waals surface area contributed by atoms with Gasteiger partial charge in [-0.3, -0.25) is 4.90 Å². The van der Waals surface area contributed by atoms with Gasteiger partial charge in [0, 0.05) is 18.5 Å². The largest absolute Gasteiger partial charge is 0.461 e. The fraction of sp³-hybridized carbons (Fsp3) is 0.733. The lowest BCUT2D eigenvalue weighted by atomic mass is 9.99. The third-order valence-electron chi connectivity index (χ3n) is 3.75. The summed E-state index contributed by atoms with van der Waals surface area (Å²) in [6.07, 6.45) is 2.57. The van der Waals surface area contributed by atoms with Crippen molar-refractivity contribution in [2.24, 2.45) is 5.92 Å². The fourth-order valence-corrected chi connectivity index (χ4v) is 3.35. The van der Waals surface area contributed by atoms with Crippen LogP contribution in [-0.2, 0) is 11.3 Å². The van der Waals surface area contributed by atoms with Crippen molar-refractivity contribution in [3.8, 4) is 0 Å². The van der Waals surface area contributed by atoms with Crippen LogP contribution < -0.4 is 5.32 Å². The van der Waals surface area contributed by atoms with Crippen LogP contribution in [0.4, 0.5) is 0 Å². The zero-order chi connectivity index (χ0) is 15.1. The van der Waals surface area contributed by atoms with E-state index >= 15 is 0 Å². The Morgan fingerprint density at radius 2 is 2.43 bits per heavy atom. The summed E-state index contributed by atoms with van der Waals surface area (Å²) in [4.78, 5) is 18.4. The van der Waals surface area contributed by atoms with E-state index in [-0.39, 0.29) is 5.97 Å². The number of piperidine rings is 1. The van der Waals surface area contributed by atoms with Gasteiger partial charge in [-0.05, 0) is 45.3 Å². The summed E-state index contributed by atoms with van der Waals surface area (Å²) >= 11 is 1.37. The highest BCUT2D eigenvalue weighted by molar-refractivity contribution is 7.11. The van der Waals surface area contributed by atoms with E-state index in [2.05, 4.69) is 22.1 Å². The van der Waals surface area contributed by atoms with E-state index < -0.39 is 0 Å². The van der Waals surface area contributed by atoms with Gasteiger partial charge in [-0.25, -0.2) is 9.78 Å². The van der Waals surface area contributed by atoms with Crippen molar-refractivity contribution < 1.29 is 9.53 Å². The number of carbonyl (C=O) groups excluding carboxylic acids is 1. The average Bonchev–Trinajstić information content (AvgIpc) is 2.96. The molecule has 5 nitrogen and oxygen atoms in total. The van der Waals surface area contributed by atoms with Gasteiger partial charge in [-0.1, -0.05) is 6.92 Å².